The van der Waals surface area contributed by atoms with Crippen LogP contribution in [0.25, 0.3) is 0 Å². The van der Waals surface area contributed by atoms with Gasteiger partial charge in [-0.2, -0.15) is 0 Å². The molecule has 322 valence electrons. The predicted molar refractivity (Wildman–Crippen MR) is 232 cm³/mol. The smallest absolute Gasteiger partial charge is 0.407 e. The Morgan fingerprint density at radius 3 is 1.39 bits per heavy atom. The highest BCUT2D eigenvalue weighted by atomic mass is 16.5. The number of nitrogens with one attached hydrogen (secondary N) is 4. The minimum absolute atomic E-state index is 0.0470. The van der Waals surface area contributed by atoms with Crippen molar-refractivity contribution in [3.05, 3.63) is 35.9 Å². The Hall–Kier alpha value is -3.10. The average Bonchev–Trinajstić information content (AvgIpc) is 3.20. The molecule has 0 aliphatic carbocycles. The summed E-state index contributed by atoms with van der Waals surface area (Å²) in [6, 6.07) is 8.73. The monoisotopic (exact) mass is 785 g/mol. The topological polar surface area (TPSA) is 126 Å². The number of amides is 4. The van der Waals surface area contributed by atoms with E-state index in [4.69, 9.17) is 4.74 Å². The molecule has 0 heterocycles. The van der Waals surface area contributed by atoms with Gasteiger partial charge < -0.3 is 26.0 Å². The minimum Gasteiger partial charge on any atom is -0.445 e. The molecule has 0 saturated carbocycles. The number of carbonyl (C=O) groups is 4. The van der Waals surface area contributed by atoms with E-state index in [1.54, 1.807) is 0 Å². The van der Waals surface area contributed by atoms with Gasteiger partial charge in [0.2, 0.25) is 17.7 Å². The summed E-state index contributed by atoms with van der Waals surface area (Å²) in [6.07, 6.45) is 34.1. The second-order valence-corrected chi connectivity index (χ2v) is 15.9. The summed E-state index contributed by atoms with van der Waals surface area (Å²) >= 11 is 0. The molecule has 4 N–H and O–H groups in total. The molecule has 1 aromatic carbocycles. The zero-order valence-corrected chi connectivity index (χ0v) is 36.0. The van der Waals surface area contributed by atoms with Gasteiger partial charge in [-0.3, -0.25) is 14.4 Å². The van der Waals surface area contributed by atoms with Crippen molar-refractivity contribution in [2.24, 2.45) is 0 Å². The van der Waals surface area contributed by atoms with Gasteiger partial charge in [0.25, 0.3) is 0 Å². The van der Waals surface area contributed by atoms with Gasteiger partial charge in [0, 0.05) is 32.5 Å². The van der Waals surface area contributed by atoms with Crippen molar-refractivity contribution in [2.75, 3.05) is 19.6 Å². The molecule has 0 unspecified atom stereocenters. The minimum atomic E-state index is -0.701. The van der Waals surface area contributed by atoms with Crippen LogP contribution in [-0.4, -0.2) is 49.5 Å². The standard InChI is InChI=1S/C47H84N4O5/c1-3-5-7-9-11-13-15-17-19-21-23-25-30-36-44(52)48-38-32-35-43(46(54)49-39-40-50-47(55)56-41-42-33-28-27-29-34-42)51-45(53)37-31-26-24-22-20-18-16-14-12-10-8-6-4-2/h27-29,33-34,43H,3-26,30-32,35-41H2,1-2H3,(H,48,52)(H,49,54)(H,50,55)(H,51,53)/t43-/m0/s1. The molecule has 1 aromatic rings. The Labute approximate surface area is 342 Å². The van der Waals surface area contributed by atoms with Gasteiger partial charge in [0.15, 0.2) is 0 Å². The Kier molecular flexibility index (Phi) is 35.2. The highest BCUT2D eigenvalue weighted by Crippen LogP contribution is 2.14. The largest absolute Gasteiger partial charge is 0.445 e. The van der Waals surface area contributed by atoms with Crippen molar-refractivity contribution >= 4 is 23.8 Å². The number of ether oxygens (including phenoxy) is 1. The van der Waals surface area contributed by atoms with Crippen LogP contribution in [-0.2, 0) is 25.7 Å². The molecule has 0 spiro atoms. The first-order valence-corrected chi connectivity index (χ1v) is 23.2. The lowest BCUT2D eigenvalue weighted by Gasteiger charge is -2.19. The van der Waals surface area contributed by atoms with Gasteiger partial charge in [0.05, 0.1) is 0 Å². The maximum atomic E-state index is 13.1. The van der Waals surface area contributed by atoms with Crippen LogP contribution >= 0.6 is 0 Å². The quantitative estimate of drug-likeness (QED) is 0.0495. The Morgan fingerprint density at radius 1 is 0.482 bits per heavy atom. The molecule has 0 bridgehead atoms. The van der Waals surface area contributed by atoms with Gasteiger partial charge in [-0.15, -0.1) is 0 Å². The van der Waals surface area contributed by atoms with E-state index in [0.29, 0.717) is 32.2 Å². The summed E-state index contributed by atoms with van der Waals surface area (Å²) in [5.41, 5.74) is 0.893. The van der Waals surface area contributed by atoms with Gasteiger partial charge in [0.1, 0.15) is 12.6 Å². The molecular formula is C47H84N4O5. The van der Waals surface area contributed by atoms with Crippen molar-refractivity contribution in [3.63, 3.8) is 0 Å². The zero-order chi connectivity index (χ0) is 40.6. The zero-order valence-electron chi connectivity index (χ0n) is 36.0. The van der Waals surface area contributed by atoms with Crippen molar-refractivity contribution in [3.8, 4) is 0 Å². The van der Waals surface area contributed by atoms with Gasteiger partial charge in [-0.25, -0.2) is 4.79 Å². The molecule has 9 nitrogen and oxygen atoms in total. The normalized spacial score (nSPS) is 11.5. The summed E-state index contributed by atoms with van der Waals surface area (Å²) in [5, 5.41) is 11.4. The fourth-order valence-electron chi connectivity index (χ4n) is 7.01. The van der Waals surface area contributed by atoms with E-state index < -0.39 is 12.1 Å². The molecule has 1 atom stereocenters. The third kappa shape index (κ3) is 33.1. The Bertz CT molecular complexity index is 1090. The van der Waals surface area contributed by atoms with E-state index in [2.05, 4.69) is 35.1 Å². The Balaban J connectivity index is 2.30. The molecule has 9 heteroatoms. The van der Waals surface area contributed by atoms with Gasteiger partial charge in [-0.05, 0) is 31.2 Å². The summed E-state index contributed by atoms with van der Waals surface area (Å²) < 4.78 is 5.23. The van der Waals surface area contributed by atoms with E-state index in [9.17, 15) is 19.2 Å². The first-order valence-electron chi connectivity index (χ1n) is 23.2. The summed E-state index contributed by atoms with van der Waals surface area (Å²) in [4.78, 5) is 50.6. The number of rotatable bonds is 39. The van der Waals surface area contributed by atoms with E-state index in [1.807, 2.05) is 30.3 Å². The summed E-state index contributed by atoms with van der Waals surface area (Å²) in [6.45, 7) is 5.56. The predicted octanol–water partition coefficient (Wildman–Crippen LogP) is 11.4. The van der Waals surface area contributed by atoms with Crippen LogP contribution < -0.4 is 21.3 Å². The number of hydrogen-bond donors (Lipinski definition) is 4. The fourth-order valence-corrected chi connectivity index (χ4v) is 7.01. The third-order valence-corrected chi connectivity index (χ3v) is 10.6. The molecular weight excluding hydrogens is 701 g/mol. The second kappa shape index (κ2) is 38.8. The number of benzene rings is 1. The van der Waals surface area contributed by atoms with Crippen LogP contribution in [0.1, 0.15) is 212 Å². The summed E-state index contributed by atoms with van der Waals surface area (Å²) in [7, 11) is 0. The number of hydrogen-bond acceptors (Lipinski definition) is 5. The maximum Gasteiger partial charge on any atom is 0.407 e. The summed E-state index contributed by atoms with van der Waals surface area (Å²) in [5.74, 6) is -0.366. The first kappa shape index (κ1) is 50.9. The maximum absolute atomic E-state index is 13.1. The van der Waals surface area contributed by atoms with Crippen LogP contribution in [0, 0.1) is 0 Å². The number of carbonyl (C=O) groups excluding carboxylic acids is 4. The number of alkyl carbamates (subject to hydrolysis) is 1. The molecule has 56 heavy (non-hydrogen) atoms. The molecule has 0 saturated heterocycles. The highest BCUT2D eigenvalue weighted by Gasteiger charge is 2.20. The van der Waals surface area contributed by atoms with Gasteiger partial charge in [-0.1, -0.05) is 198 Å². The van der Waals surface area contributed by atoms with E-state index in [-0.39, 0.29) is 37.4 Å². The van der Waals surface area contributed by atoms with Crippen LogP contribution in [0.5, 0.6) is 0 Å². The van der Waals surface area contributed by atoms with Gasteiger partial charge >= 0.3 is 6.09 Å². The van der Waals surface area contributed by atoms with Crippen LogP contribution in [0.2, 0.25) is 0 Å². The highest BCUT2D eigenvalue weighted by molar-refractivity contribution is 5.87. The van der Waals surface area contributed by atoms with Crippen molar-refractivity contribution in [1.82, 2.24) is 21.3 Å². The molecule has 0 radical (unpaired) electrons. The fraction of sp³-hybridized carbons (Fsp3) is 0.787. The molecule has 1 rings (SSSR count). The lowest BCUT2D eigenvalue weighted by Crippen LogP contribution is -2.48. The molecule has 0 fully saturated rings. The van der Waals surface area contributed by atoms with Crippen LogP contribution in [0.15, 0.2) is 30.3 Å². The Morgan fingerprint density at radius 2 is 0.911 bits per heavy atom. The van der Waals surface area contributed by atoms with Crippen molar-refractivity contribution in [2.45, 2.75) is 219 Å². The molecule has 0 aromatic heterocycles. The molecule has 0 aliphatic rings. The van der Waals surface area contributed by atoms with E-state index in [0.717, 1.165) is 37.7 Å². The van der Waals surface area contributed by atoms with E-state index >= 15 is 0 Å². The molecule has 0 aliphatic heterocycles. The molecule has 4 amide bonds. The number of unbranched alkanes of at least 4 members (excludes halogenated alkanes) is 24. The van der Waals surface area contributed by atoms with E-state index in [1.165, 1.54) is 135 Å². The van der Waals surface area contributed by atoms with Crippen LogP contribution in [0.3, 0.4) is 0 Å². The lowest BCUT2D eigenvalue weighted by molar-refractivity contribution is -0.129. The average molecular weight is 785 g/mol. The first-order chi connectivity index (χ1) is 27.5. The van der Waals surface area contributed by atoms with Crippen LogP contribution in [0.4, 0.5) is 4.79 Å². The SMILES string of the molecule is CCCCCCCCCCCCCCCC(=O)NCCC[C@H](NC(=O)CCCCCCCCCCCCCCC)C(=O)NCCNC(=O)OCc1ccccc1. The third-order valence-electron chi connectivity index (χ3n) is 10.6. The second-order valence-electron chi connectivity index (χ2n) is 15.9. The lowest BCUT2D eigenvalue weighted by atomic mass is 10.0. The van der Waals surface area contributed by atoms with Crippen molar-refractivity contribution < 1.29 is 23.9 Å². The van der Waals surface area contributed by atoms with Crippen molar-refractivity contribution in [1.29, 1.82) is 0 Å².